The standard InChI is InChI=1S/C22H21FN4OS/c1-15-4-9-19-20(16(15)2)25-22(29-19)27(12-3-11-26-13-10-24-14-26)21(28)17-5-7-18(23)8-6-17/h4-10,13-14H,3,11-12H2,1-2H3. The summed E-state index contributed by atoms with van der Waals surface area (Å²) in [6.07, 6.45) is 6.14. The van der Waals surface area contributed by atoms with Gasteiger partial charge in [-0.1, -0.05) is 17.4 Å². The lowest BCUT2D eigenvalue weighted by molar-refractivity contribution is 0.0986. The van der Waals surface area contributed by atoms with Crippen LogP contribution in [0.2, 0.25) is 0 Å². The number of carbonyl (C=O) groups is 1. The van der Waals surface area contributed by atoms with Gasteiger partial charge in [0, 0.05) is 31.0 Å². The number of aromatic nitrogens is 3. The molecular weight excluding hydrogens is 387 g/mol. The molecule has 0 unspecified atom stereocenters. The normalized spacial score (nSPS) is 11.1. The summed E-state index contributed by atoms with van der Waals surface area (Å²) >= 11 is 1.50. The van der Waals surface area contributed by atoms with Gasteiger partial charge in [0.2, 0.25) is 0 Å². The van der Waals surface area contributed by atoms with Crippen molar-refractivity contribution < 1.29 is 9.18 Å². The molecule has 2 aromatic heterocycles. The van der Waals surface area contributed by atoms with Gasteiger partial charge in [0.1, 0.15) is 5.82 Å². The maximum absolute atomic E-state index is 13.3. The number of nitrogens with zero attached hydrogens (tertiary/aromatic N) is 4. The summed E-state index contributed by atoms with van der Waals surface area (Å²) in [7, 11) is 0. The molecule has 2 aromatic carbocycles. The largest absolute Gasteiger partial charge is 0.337 e. The predicted octanol–water partition coefficient (Wildman–Crippen LogP) is 4.99. The first-order valence-corrected chi connectivity index (χ1v) is 10.2. The Morgan fingerprint density at radius 1 is 1.17 bits per heavy atom. The third-order valence-corrected chi connectivity index (χ3v) is 6.04. The highest BCUT2D eigenvalue weighted by atomic mass is 32.1. The van der Waals surface area contributed by atoms with Crippen molar-refractivity contribution in [3.63, 3.8) is 0 Å². The van der Waals surface area contributed by atoms with Gasteiger partial charge in [0.25, 0.3) is 5.91 Å². The van der Waals surface area contributed by atoms with Gasteiger partial charge in [-0.3, -0.25) is 9.69 Å². The van der Waals surface area contributed by atoms with Gasteiger partial charge in [-0.2, -0.15) is 0 Å². The van der Waals surface area contributed by atoms with E-state index in [0.717, 1.165) is 28.7 Å². The van der Waals surface area contributed by atoms with Crippen LogP contribution in [0.1, 0.15) is 27.9 Å². The fourth-order valence-electron chi connectivity index (χ4n) is 3.19. The number of anilines is 1. The monoisotopic (exact) mass is 408 g/mol. The van der Waals surface area contributed by atoms with Crippen molar-refractivity contribution in [2.24, 2.45) is 0 Å². The Labute approximate surface area is 172 Å². The van der Waals surface area contributed by atoms with Gasteiger partial charge < -0.3 is 4.57 Å². The minimum atomic E-state index is -0.362. The Balaban J connectivity index is 1.66. The second-order valence-electron chi connectivity index (χ2n) is 6.97. The second kappa shape index (κ2) is 8.13. The minimum Gasteiger partial charge on any atom is -0.337 e. The maximum atomic E-state index is 13.3. The van der Waals surface area contributed by atoms with Crippen molar-refractivity contribution in [2.75, 3.05) is 11.4 Å². The van der Waals surface area contributed by atoms with Crippen LogP contribution in [0.5, 0.6) is 0 Å². The van der Waals surface area contributed by atoms with Crippen LogP contribution in [-0.4, -0.2) is 27.0 Å². The molecule has 0 spiro atoms. The third-order valence-electron chi connectivity index (χ3n) is 5.00. The van der Waals surface area contributed by atoms with Crippen LogP contribution in [0.15, 0.2) is 55.1 Å². The Bertz CT molecular complexity index is 1140. The Hall–Kier alpha value is -3.06. The molecule has 5 nitrogen and oxygen atoms in total. The molecule has 0 saturated carbocycles. The average molecular weight is 409 g/mol. The van der Waals surface area contributed by atoms with Crippen molar-refractivity contribution in [2.45, 2.75) is 26.8 Å². The van der Waals surface area contributed by atoms with Gasteiger partial charge in [-0.15, -0.1) is 0 Å². The summed E-state index contributed by atoms with van der Waals surface area (Å²) in [6.45, 7) is 5.36. The summed E-state index contributed by atoms with van der Waals surface area (Å²) in [5, 5.41) is 0.661. The molecule has 0 N–H and O–H groups in total. The molecule has 4 rings (SSSR count). The zero-order chi connectivity index (χ0) is 20.4. The number of hydrogen-bond donors (Lipinski definition) is 0. The number of halogens is 1. The van der Waals surface area contributed by atoms with Crippen LogP contribution in [0.3, 0.4) is 0 Å². The van der Waals surface area contributed by atoms with Crippen LogP contribution >= 0.6 is 11.3 Å². The zero-order valence-electron chi connectivity index (χ0n) is 16.3. The molecule has 0 aliphatic heterocycles. The summed E-state index contributed by atoms with van der Waals surface area (Å²) in [5.74, 6) is -0.539. The number of thiazole rings is 1. The van der Waals surface area contributed by atoms with Crippen molar-refractivity contribution in [3.05, 3.63) is 77.6 Å². The van der Waals surface area contributed by atoms with E-state index < -0.39 is 0 Å². The van der Waals surface area contributed by atoms with Crippen LogP contribution in [0.4, 0.5) is 9.52 Å². The Kier molecular flexibility index (Phi) is 5.40. The van der Waals surface area contributed by atoms with E-state index in [4.69, 9.17) is 4.98 Å². The molecule has 0 bridgehead atoms. The molecular formula is C22H21FN4OS. The molecule has 0 aliphatic rings. The summed E-state index contributed by atoms with van der Waals surface area (Å²) in [5.41, 5.74) is 3.67. The molecule has 0 radical (unpaired) electrons. The second-order valence-corrected chi connectivity index (χ2v) is 7.98. The van der Waals surface area contributed by atoms with Crippen molar-refractivity contribution in [1.82, 2.24) is 14.5 Å². The van der Waals surface area contributed by atoms with Gasteiger partial charge in [-0.05, 0) is 61.7 Å². The van der Waals surface area contributed by atoms with Crippen molar-refractivity contribution in [1.29, 1.82) is 0 Å². The van der Waals surface area contributed by atoms with E-state index in [1.807, 2.05) is 23.8 Å². The number of hydrogen-bond acceptors (Lipinski definition) is 4. The molecule has 0 atom stereocenters. The SMILES string of the molecule is Cc1ccc2sc(N(CCCn3ccnc3)C(=O)c3ccc(F)cc3)nc2c1C. The number of amides is 1. The molecule has 2 heterocycles. The fraction of sp³-hybridized carbons (Fsp3) is 0.227. The maximum Gasteiger partial charge on any atom is 0.260 e. The van der Waals surface area contributed by atoms with Gasteiger partial charge >= 0.3 is 0 Å². The van der Waals surface area contributed by atoms with Gasteiger partial charge in [0.15, 0.2) is 5.13 Å². The number of fused-ring (bicyclic) bond motifs is 1. The summed E-state index contributed by atoms with van der Waals surface area (Å²) in [4.78, 5) is 23.8. The molecule has 7 heteroatoms. The van der Waals surface area contributed by atoms with Gasteiger partial charge in [-0.25, -0.2) is 14.4 Å². The molecule has 0 aliphatic carbocycles. The van der Waals surface area contributed by atoms with Crippen LogP contribution in [0.25, 0.3) is 10.2 Å². The minimum absolute atomic E-state index is 0.177. The summed E-state index contributed by atoms with van der Waals surface area (Å²) < 4.78 is 16.3. The number of carbonyl (C=O) groups excluding carboxylic acids is 1. The topological polar surface area (TPSA) is 51.0 Å². The van der Waals surface area contributed by atoms with Gasteiger partial charge in [0.05, 0.1) is 16.5 Å². The van der Waals surface area contributed by atoms with E-state index in [-0.39, 0.29) is 11.7 Å². The first-order chi connectivity index (χ1) is 14.0. The first kappa shape index (κ1) is 19.3. The lowest BCUT2D eigenvalue weighted by Crippen LogP contribution is -2.32. The molecule has 1 amide bonds. The smallest absolute Gasteiger partial charge is 0.260 e. The van der Waals surface area contributed by atoms with E-state index in [0.29, 0.717) is 17.2 Å². The van der Waals surface area contributed by atoms with E-state index in [1.54, 1.807) is 17.4 Å². The molecule has 29 heavy (non-hydrogen) atoms. The number of rotatable bonds is 6. The van der Waals surface area contributed by atoms with Crippen LogP contribution in [-0.2, 0) is 6.54 Å². The van der Waals surface area contributed by atoms with E-state index in [1.165, 1.54) is 41.2 Å². The molecule has 4 aromatic rings. The fourth-order valence-corrected chi connectivity index (χ4v) is 4.24. The highest BCUT2D eigenvalue weighted by molar-refractivity contribution is 7.22. The molecule has 0 fully saturated rings. The number of benzene rings is 2. The van der Waals surface area contributed by atoms with Crippen molar-refractivity contribution in [3.8, 4) is 0 Å². The highest BCUT2D eigenvalue weighted by Crippen LogP contribution is 2.32. The van der Waals surface area contributed by atoms with E-state index in [9.17, 15) is 9.18 Å². The van der Waals surface area contributed by atoms with Crippen LogP contribution < -0.4 is 4.90 Å². The highest BCUT2D eigenvalue weighted by Gasteiger charge is 2.22. The molecule has 0 saturated heterocycles. The zero-order valence-corrected chi connectivity index (χ0v) is 17.1. The average Bonchev–Trinajstić information content (AvgIpc) is 3.38. The lowest BCUT2D eigenvalue weighted by atomic mass is 10.1. The number of imidazole rings is 1. The number of aryl methyl sites for hydroxylation is 3. The lowest BCUT2D eigenvalue weighted by Gasteiger charge is -2.20. The Morgan fingerprint density at radius 2 is 1.97 bits per heavy atom. The van der Waals surface area contributed by atoms with Crippen LogP contribution in [0, 0.1) is 19.7 Å². The van der Waals surface area contributed by atoms with E-state index >= 15 is 0 Å². The Morgan fingerprint density at radius 3 is 2.69 bits per heavy atom. The first-order valence-electron chi connectivity index (χ1n) is 9.43. The quantitative estimate of drug-likeness (QED) is 0.452. The molecule has 148 valence electrons. The predicted molar refractivity (Wildman–Crippen MR) is 114 cm³/mol. The van der Waals surface area contributed by atoms with E-state index in [2.05, 4.69) is 18.0 Å². The summed E-state index contributed by atoms with van der Waals surface area (Å²) in [6, 6.07) is 9.77. The van der Waals surface area contributed by atoms with Crippen molar-refractivity contribution >= 4 is 32.6 Å². The third kappa shape index (κ3) is 4.05.